The maximum Gasteiger partial charge on any atom is 0.316 e. The summed E-state index contributed by atoms with van der Waals surface area (Å²) < 4.78 is 10.6. The van der Waals surface area contributed by atoms with Gasteiger partial charge in [-0.15, -0.1) is 11.8 Å². The van der Waals surface area contributed by atoms with Crippen LogP contribution in [0, 0.1) is 0 Å². The minimum absolute atomic E-state index is 0.00274. The Balaban J connectivity index is 1.62. The number of hydrogen-bond donors (Lipinski definition) is 1. The SMILES string of the molecule is C[C@@H]1CN(C(=O)COC(=O)CSCC(=O)Nc2ccc(Cl)cc2)C[C@H](C)O1. The number of morpholine rings is 1. The lowest BCUT2D eigenvalue weighted by molar-refractivity contribution is -0.155. The Morgan fingerprint density at radius 3 is 2.44 bits per heavy atom. The van der Waals surface area contributed by atoms with Crippen LogP contribution in [0.3, 0.4) is 0 Å². The molecule has 0 unspecified atom stereocenters. The first-order valence-corrected chi connectivity index (χ1v) is 10.1. The van der Waals surface area contributed by atoms with E-state index < -0.39 is 5.97 Å². The van der Waals surface area contributed by atoms with Crippen LogP contribution in [0.4, 0.5) is 5.69 Å². The Kier molecular flexibility index (Phi) is 8.40. The molecule has 1 aromatic rings. The van der Waals surface area contributed by atoms with Crippen LogP contribution >= 0.6 is 23.4 Å². The maximum atomic E-state index is 12.1. The topological polar surface area (TPSA) is 84.9 Å². The zero-order chi connectivity index (χ0) is 19.8. The molecule has 1 aromatic carbocycles. The van der Waals surface area contributed by atoms with Crippen LogP contribution in [-0.4, -0.2) is 66.1 Å². The van der Waals surface area contributed by atoms with Crippen molar-refractivity contribution in [3.8, 4) is 0 Å². The average Bonchev–Trinajstić information content (AvgIpc) is 2.61. The number of carbonyl (C=O) groups excluding carboxylic acids is 3. The van der Waals surface area contributed by atoms with Crippen LogP contribution in [0.1, 0.15) is 13.8 Å². The fourth-order valence-corrected chi connectivity index (χ4v) is 3.35. The molecule has 1 saturated heterocycles. The highest BCUT2D eigenvalue weighted by molar-refractivity contribution is 8.00. The van der Waals surface area contributed by atoms with Gasteiger partial charge in [-0.3, -0.25) is 14.4 Å². The number of amides is 2. The molecule has 0 spiro atoms. The molecule has 27 heavy (non-hydrogen) atoms. The van der Waals surface area contributed by atoms with Gasteiger partial charge in [0.25, 0.3) is 5.91 Å². The van der Waals surface area contributed by atoms with Crippen molar-refractivity contribution >= 4 is 46.8 Å². The smallest absolute Gasteiger partial charge is 0.316 e. The van der Waals surface area contributed by atoms with Gasteiger partial charge in [0, 0.05) is 23.8 Å². The first-order chi connectivity index (χ1) is 12.8. The van der Waals surface area contributed by atoms with Crippen molar-refractivity contribution in [1.29, 1.82) is 0 Å². The fourth-order valence-electron chi connectivity index (χ4n) is 2.61. The van der Waals surface area contributed by atoms with Gasteiger partial charge >= 0.3 is 5.97 Å². The molecule has 2 rings (SSSR count). The van der Waals surface area contributed by atoms with E-state index in [1.807, 2.05) is 13.8 Å². The minimum atomic E-state index is -0.526. The number of esters is 1. The van der Waals surface area contributed by atoms with Crippen molar-refractivity contribution in [1.82, 2.24) is 4.90 Å². The average molecular weight is 415 g/mol. The van der Waals surface area contributed by atoms with Gasteiger partial charge in [0.05, 0.1) is 23.7 Å². The number of nitrogens with one attached hydrogen (secondary N) is 1. The Morgan fingerprint density at radius 1 is 1.19 bits per heavy atom. The molecule has 7 nitrogen and oxygen atoms in total. The molecule has 0 bridgehead atoms. The normalized spacial score (nSPS) is 19.4. The van der Waals surface area contributed by atoms with E-state index in [9.17, 15) is 14.4 Å². The standard InChI is InChI=1S/C18H23ClN2O5S/c1-12-7-21(8-13(2)26-12)17(23)9-25-18(24)11-27-10-16(22)20-15-5-3-14(19)4-6-15/h3-6,12-13H,7-11H2,1-2H3,(H,20,22)/t12-,13+. The molecule has 2 amide bonds. The first kappa shape index (κ1) is 21.5. The third-order valence-corrected chi connectivity index (χ3v) is 4.87. The highest BCUT2D eigenvalue weighted by Gasteiger charge is 2.26. The van der Waals surface area contributed by atoms with Crippen molar-refractivity contribution in [2.75, 3.05) is 36.5 Å². The Hall–Kier alpha value is -1.77. The quantitative estimate of drug-likeness (QED) is 0.688. The Morgan fingerprint density at radius 2 is 1.81 bits per heavy atom. The van der Waals surface area contributed by atoms with E-state index in [0.29, 0.717) is 23.8 Å². The van der Waals surface area contributed by atoms with Gasteiger partial charge in [0.1, 0.15) is 0 Å². The molecule has 0 saturated carbocycles. The summed E-state index contributed by atoms with van der Waals surface area (Å²) >= 11 is 6.90. The lowest BCUT2D eigenvalue weighted by Crippen LogP contribution is -2.49. The zero-order valence-corrected chi connectivity index (χ0v) is 16.8. The molecule has 0 aromatic heterocycles. The van der Waals surface area contributed by atoms with Crippen molar-refractivity contribution in [3.63, 3.8) is 0 Å². The van der Waals surface area contributed by atoms with Gasteiger partial charge in [-0.1, -0.05) is 11.6 Å². The van der Waals surface area contributed by atoms with Gasteiger partial charge in [0.2, 0.25) is 5.91 Å². The van der Waals surface area contributed by atoms with Gasteiger partial charge in [-0.25, -0.2) is 0 Å². The van der Waals surface area contributed by atoms with Crippen molar-refractivity contribution in [2.45, 2.75) is 26.1 Å². The Bertz CT molecular complexity index is 660. The molecule has 9 heteroatoms. The molecule has 0 radical (unpaired) electrons. The first-order valence-electron chi connectivity index (χ1n) is 8.55. The lowest BCUT2D eigenvalue weighted by Gasteiger charge is -2.35. The zero-order valence-electron chi connectivity index (χ0n) is 15.3. The third-order valence-electron chi connectivity index (χ3n) is 3.71. The van der Waals surface area contributed by atoms with Crippen molar-refractivity contribution < 1.29 is 23.9 Å². The maximum absolute atomic E-state index is 12.1. The lowest BCUT2D eigenvalue weighted by atomic mass is 10.2. The second kappa shape index (κ2) is 10.5. The molecule has 1 aliphatic heterocycles. The summed E-state index contributed by atoms with van der Waals surface area (Å²) in [6, 6.07) is 6.74. The van der Waals surface area contributed by atoms with Crippen LogP contribution in [0.2, 0.25) is 5.02 Å². The largest absolute Gasteiger partial charge is 0.455 e. The van der Waals surface area contributed by atoms with Gasteiger partial charge in [-0.05, 0) is 38.1 Å². The summed E-state index contributed by atoms with van der Waals surface area (Å²) in [4.78, 5) is 37.3. The fraction of sp³-hybridized carbons (Fsp3) is 0.500. The molecular formula is C18H23ClN2O5S. The van der Waals surface area contributed by atoms with E-state index in [4.69, 9.17) is 21.1 Å². The second-order valence-corrected chi connectivity index (χ2v) is 7.69. The number of ether oxygens (including phenoxy) is 2. The van der Waals surface area contributed by atoms with Gasteiger partial charge < -0.3 is 19.7 Å². The summed E-state index contributed by atoms with van der Waals surface area (Å²) in [6.07, 6.45) is -0.0776. The van der Waals surface area contributed by atoms with Crippen LogP contribution in [0.15, 0.2) is 24.3 Å². The summed E-state index contributed by atoms with van der Waals surface area (Å²) in [7, 11) is 0. The minimum Gasteiger partial charge on any atom is -0.455 e. The molecule has 2 atom stereocenters. The van der Waals surface area contributed by atoms with Crippen LogP contribution in [0.25, 0.3) is 0 Å². The van der Waals surface area contributed by atoms with Gasteiger partial charge in [-0.2, -0.15) is 0 Å². The van der Waals surface area contributed by atoms with Crippen molar-refractivity contribution in [2.24, 2.45) is 0 Å². The highest BCUT2D eigenvalue weighted by Crippen LogP contribution is 2.14. The number of rotatable bonds is 7. The molecule has 0 aliphatic carbocycles. The molecule has 1 heterocycles. The van der Waals surface area contributed by atoms with E-state index in [0.717, 1.165) is 11.8 Å². The summed E-state index contributed by atoms with van der Waals surface area (Å²) in [5.41, 5.74) is 0.632. The highest BCUT2D eigenvalue weighted by atomic mass is 35.5. The number of carbonyl (C=O) groups is 3. The van der Waals surface area contributed by atoms with E-state index in [1.165, 1.54) is 0 Å². The number of thioether (sulfide) groups is 1. The van der Waals surface area contributed by atoms with Gasteiger partial charge in [0.15, 0.2) is 6.61 Å². The number of benzene rings is 1. The summed E-state index contributed by atoms with van der Waals surface area (Å²) in [5.74, 6) is -0.901. The molecule has 1 N–H and O–H groups in total. The second-order valence-electron chi connectivity index (χ2n) is 6.26. The van der Waals surface area contributed by atoms with Crippen molar-refractivity contribution in [3.05, 3.63) is 29.3 Å². The summed E-state index contributed by atoms with van der Waals surface area (Å²) in [5, 5.41) is 3.29. The molecular weight excluding hydrogens is 392 g/mol. The predicted octanol–water partition coefficient (Wildman–Crippen LogP) is 2.19. The Labute approximate surface area is 167 Å². The van der Waals surface area contributed by atoms with Crippen LogP contribution in [-0.2, 0) is 23.9 Å². The van der Waals surface area contributed by atoms with E-state index in [2.05, 4.69) is 5.32 Å². The molecule has 1 fully saturated rings. The number of halogens is 1. The predicted molar refractivity (Wildman–Crippen MR) is 105 cm³/mol. The monoisotopic (exact) mass is 414 g/mol. The van der Waals surface area contributed by atoms with E-state index >= 15 is 0 Å². The number of hydrogen-bond acceptors (Lipinski definition) is 6. The number of anilines is 1. The van der Waals surface area contributed by atoms with Crippen LogP contribution in [0.5, 0.6) is 0 Å². The van der Waals surface area contributed by atoms with E-state index in [1.54, 1.807) is 29.2 Å². The molecule has 148 valence electrons. The third kappa shape index (κ3) is 7.78. The summed E-state index contributed by atoms with van der Waals surface area (Å²) in [6.45, 7) is 4.47. The van der Waals surface area contributed by atoms with Crippen LogP contribution < -0.4 is 5.32 Å². The molecule has 1 aliphatic rings. The van der Waals surface area contributed by atoms with E-state index in [-0.39, 0.29) is 42.1 Å². The number of nitrogens with zero attached hydrogens (tertiary/aromatic N) is 1.